The second kappa shape index (κ2) is 21.1. The van der Waals surface area contributed by atoms with Crippen LogP contribution >= 0.6 is 0 Å². The number of aliphatic hydroxyl groups excluding tert-OH is 2. The number of nitrogens with one attached hydrogen (secondary N) is 2. The highest BCUT2D eigenvalue weighted by Crippen LogP contribution is 2.51. The van der Waals surface area contributed by atoms with E-state index in [1.807, 2.05) is 0 Å². The van der Waals surface area contributed by atoms with Gasteiger partial charge in [0.05, 0.1) is 29.2 Å². The molecule has 0 spiro atoms. The number of ether oxygens (including phenoxy) is 6. The van der Waals surface area contributed by atoms with Gasteiger partial charge in [0.1, 0.15) is 53.0 Å². The van der Waals surface area contributed by atoms with Crippen molar-refractivity contribution in [2.45, 2.75) is 204 Å². The predicted molar refractivity (Wildman–Crippen MR) is 281 cm³/mol. The van der Waals surface area contributed by atoms with Crippen LogP contribution in [0.3, 0.4) is 0 Å². The van der Waals surface area contributed by atoms with Crippen LogP contribution in [0, 0.1) is 47.2 Å². The van der Waals surface area contributed by atoms with Crippen LogP contribution in [0.15, 0.2) is 36.4 Å². The lowest BCUT2D eigenvalue weighted by Gasteiger charge is -2.29. The summed E-state index contributed by atoms with van der Waals surface area (Å²) in [6.07, 6.45) is -4.02. The summed E-state index contributed by atoms with van der Waals surface area (Å²) in [7, 11) is 0. The Bertz CT molecular complexity index is 3070. The van der Waals surface area contributed by atoms with Crippen LogP contribution in [0.2, 0.25) is 0 Å². The molecular weight excluding hydrogens is 1060 g/mol. The zero-order valence-corrected chi connectivity index (χ0v) is 46.4. The number of hydrogen-bond acceptors (Lipinski definition) is 19. The van der Waals surface area contributed by atoms with E-state index in [9.17, 15) is 47.5 Å². The molecule has 6 fully saturated rings. The molecule has 80 heavy (non-hydrogen) atoms. The molecular formula is C54H68F4N10O12. The van der Waals surface area contributed by atoms with Crippen molar-refractivity contribution in [3.05, 3.63) is 92.6 Å². The number of anilines is 5. The maximum Gasteiger partial charge on any atom is 0.416 e. The number of aliphatic hydroxyl groups is 2. The summed E-state index contributed by atoms with van der Waals surface area (Å²) in [5, 5.41) is 40.0. The van der Waals surface area contributed by atoms with E-state index in [0.29, 0.717) is 36.2 Å². The molecule has 6 aliphatic rings. The number of aromatic nitrogens is 4. The Balaban J connectivity index is 0.000000194. The first-order valence-corrected chi connectivity index (χ1v) is 26.4. The quantitative estimate of drug-likeness (QED) is 0.0536. The summed E-state index contributed by atoms with van der Waals surface area (Å²) in [4.78, 5) is 58.9. The van der Waals surface area contributed by atoms with Gasteiger partial charge in [-0.05, 0) is 144 Å². The van der Waals surface area contributed by atoms with Crippen molar-refractivity contribution < 1.29 is 70.7 Å². The predicted octanol–water partition coefficient (Wildman–Crippen LogP) is 8.34. The molecule has 0 unspecified atom stereocenters. The Labute approximate surface area is 459 Å². The second-order valence-corrected chi connectivity index (χ2v) is 24.0. The van der Waals surface area contributed by atoms with Crippen molar-refractivity contribution in [2.24, 2.45) is 0 Å². The molecule has 0 bridgehead atoms. The fourth-order valence-electron chi connectivity index (χ4n) is 10.9. The van der Waals surface area contributed by atoms with Crippen LogP contribution in [0.4, 0.5) is 61.8 Å². The van der Waals surface area contributed by atoms with E-state index in [0.717, 1.165) is 29.2 Å². The molecule has 4 aromatic rings. The number of carbonyl (C=O) groups is 2. The molecule has 2 aliphatic heterocycles. The number of nitrogen functional groups attached to an aromatic ring is 1. The summed E-state index contributed by atoms with van der Waals surface area (Å²) in [5.41, 5.74) is 5.35. The molecule has 4 heterocycles. The number of carbonyl (C=O) groups excluding carboxylic acids is 2. The molecule has 2 amide bonds. The van der Waals surface area contributed by atoms with Crippen molar-refractivity contribution in [1.29, 1.82) is 0 Å². The minimum atomic E-state index is -1.04. The molecule has 2 aromatic carbocycles. The van der Waals surface area contributed by atoms with E-state index in [1.165, 1.54) is 24.0 Å². The van der Waals surface area contributed by atoms with Crippen molar-refractivity contribution >= 4 is 46.8 Å². The lowest BCUT2D eigenvalue weighted by atomic mass is 10.1. The minimum absolute atomic E-state index is 0.110. The first kappa shape index (κ1) is 58.1. The Morgan fingerprint density at radius 2 is 1.04 bits per heavy atom. The Morgan fingerprint density at radius 3 is 1.45 bits per heavy atom. The number of nitrogens with zero attached hydrogens (tertiary/aromatic N) is 7. The summed E-state index contributed by atoms with van der Waals surface area (Å²) >= 11 is 0. The van der Waals surface area contributed by atoms with Gasteiger partial charge in [-0.2, -0.15) is 0 Å². The first-order valence-electron chi connectivity index (χ1n) is 26.4. The number of benzene rings is 2. The molecule has 2 aromatic heterocycles. The van der Waals surface area contributed by atoms with Crippen LogP contribution in [0.5, 0.6) is 0 Å². The number of nitrogens with two attached hydrogens (primary N) is 1. The highest BCUT2D eigenvalue weighted by Gasteiger charge is 2.57. The molecule has 6 N–H and O–H groups in total. The topological polar surface area (TPSA) is 281 Å². The molecule has 10 rings (SSSR count). The average Bonchev–Trinajstić information content (AvgIpc) is 4.24. The highest BCUT2D eigenvalue weighted by molar-refractivity contribution is 5.94. The second-order valence-electron chi connectivity index (χ2n) is 24.0. The van der Waals surface area contributed by atoms with Crippen LogP contribution < -0.4 is 26.2 Å². The van der Waals surface area contributed by atoms with Gasteiger partial charge in [0, 0.05) is 23.9 Å². The molecule has 0 radical (unpaired) electrons. The number of rotatable bonds is 11. The van der Waals surface area contributed by atoms with E-state index >= 15 is 0 Å². The number of halogens is 4. The van der Waals surface area contributed by atoms with Gasteiger partial charge in [0.25, 0.3) is 0 Å². The van der Waals surface area contributed by atoms with Crippen LogP contribution in [0.1, 0.15) is 130 Å². The van der Waals surface area contributed by atoms with Gasteiger partial charge < -0.3 is 55.0 Å². The first-order chi connectivity index (χ1) is 37.2. The van der Waals surface area contributed by atoms with Crippen LogP contribution in [-0.2, 0) is 28.4 Å². The lowest BCUT2D eigenvalue weighted by Crippen LogP contribution is -2.40. The molecule has 2 saturated heterocycles. The summed E-state index contributed by atoms with van der Waals surface area (Å²) in [6.45, 7) is 20.4. The van der Waals surface area contributed by atoms with Gasteiger partial charge in [0.15, 0.2) is 46.5 Å². The largest absolute Gasteiger partial charge is 0.443 e. The number of nitro groups is 1. The van der Waals surface area contributed by atoms with Gasteiger partial charge in [-0.15, -0.1) is 0 Å². The summed E-state index contributed by atoms with van der Waals surface area (Å²) in [5.74, 6) is -6.01. The molecule has 26 heteroatoms. The molecule has 22 nitrogen and oxygen atoms in total. The zero-order valence-electron chi connectivity index (χ0n) is 46.4. The van der Waals surface area contributed by atoms with E-state index in [4.69, 9.17) is 34.2 Å². The van der Waals surface area contributed by atoms with Gasteiger partial charge in [-0.3, -0.25) is 19.9 Å². The molecule has 12 atom stereocenters. The van der Waals surface area contributed by atoms with E-state index in [1.54, 1.807) is 76.2 Å². The highest BCUT2D eigenvalue weighted by atomic mass is 19.2. The molecule has 434 valence electrons. The Morgan fingerprint density at radius 1 is 0.650 bits per heavy atom. The van der Waals surface area contributed by atoms with E-state index in [-0.39, 0.29) is 53.2 Å². The van der Waals surface area contributed by atoms with Crippen molar-refractivity contribution in [3.63, 3.8) is 0 Å². The standard InChI is InChI=1S/C27H33F2N5O7.C27H35F2N5O5/c1-12-30-23(32-17-11-19(35)22-21(17)39-27(5,6)40-22)20(34(37)38)24(31-12)33(25(36)41-26(2,3)4)18-10-14(18)13-7-8-15(28)16(29)9-13;1-12-31-23(33-17-11-19(35)22-21(17)37-27(5,6)38-22)20(30)24(32-12)34(25(36)39-26(2,3)4)18-10-14(18)13-7-8-15(28)16(29)9-13/h7-9,14,17-19,21-22,35H,10-11H2,1-6H3,(H,30,31,32);7-9,14,17-19,21-22,35H,10-11,30H2,1-6H3,(H,31,32,33)/t2*14-,17+,18+,19-,21-,22+/m00/s1. The summed E-state index contributed by atoms with van der Waals surface area (Å²) in [6, 6.07) is 5.10. The SMILES string of the molecule is Cc1nc(N[C@@H]2C[C@H](O)[C@H]3OC(C)(C)O[C@H]32)c(N)c(N(C(=O)OC(C)(C)C)[C@@H]2C[C@H]2c2ccc(F)c(F)c2)n1.Cc1nc(N[C@@H]2C[C@H](O)[C@H]3OC(C)(C)O[C@H]32)c([N+](=O)[O-])c(N(C(=O)OC(C)(C)C)[C@@H]2C[C@H]2c2ccc(F)c(F)c2)n1. The fourth-order valence-corrected chi connectivity index (χ4v) is 10.9. The Kier molecular flexibility index (Phi) is 15.3. The van der Waals surface area contributed by atoms with Crippen LogP contribution in [0.25, 0.3) is 0 Å². The van der Waals surface area contributed by atoms with Crippen molar-refractivity contribution in [1.82, 2.24) is 19.9 Å². The maximum absolute atomic E-state index is 14.0. The molecule has 4 aliphatic carbocycles. The van der Waals surface area contributed by atoms with Crippen molar-refractivity contribution in [2.75, 3.05) is 26.2 Å². The van der Waals surface area contributed by atoms with E-state index in [2.05, 4.69) is 30.6 Å². The molecule has 4 saturated carbocycles. The van der Waals surface area contributed by atoms with Crippen molar-refractivity contribution in [3.8, 4) is 0 Å². The summed E-state index contributed by atoms with van der Waals surface area (Å²) < 4.78 is 90.0. The number of amides is 2. The third-order valence-corrected chi connectivity index (χ3v) is 14.3. The third-order valence-electron chi connectivity index (χ3n) is 14.3. The normalized spacial score (nSPS) is 28.7. The number of hydrogen-bond donors (Lipinski definition) is 5. The minimum Gasteiger partial charge on any atom is -0.443 e. The smallest absolute Gasteiger partial charge is 0.416 e. The third kappa shape index (κ3) is 12.3. The maximum atomic E-state index is 14.0. The van der Waals surface area contributed by atoms with Gasteiger partial charge in [0.2, 0.25) is 11.6 Å². The Hall–Kier alpha value is -6.58. The van der Waals surface area contributed by atoms with Gasteiger partial charge >= 0.3 is 17.9 Å². The van der Waals surface area contributed by atoms with Gasteiger partial charge in [-0.1, -0.05) is 12.1 Å². The average molecular weight is 1130 g/mol. The van der Waals surface area contributed by atoms with Crippen LogP contribution in [-0.4, -0.2) is 131 Å². The lowest BCUT2D eigenvalue weighted by molar-refractivity contribution is -0.383. The monoisotopic (exact) mass is 1120 g/mol. The number of aryl methyl sites for hydroxylation is 2. The number of fused-ring (bicyclic) bond motifs is 2. The van der Waals surface area contributed by atoms with E-state index < -0.39 is 130 Å². The fraction of sp³-hybridized carbons (Fsp3) is 0.593. The zero-order chi connectivity index (χ0) is 58.5. The van der Waals surface area contributed by atoms with Gasteiger partial charge in [-0.25, -0.2) is 47.1 Å².